The van der Waals surface area contributed by atoms with Crippen molar-refractivity contribution in [2.75, 3.05) is 19.8 Å². The minimum Gasteiger partial charge on any atom is -0.490 e. The highest BCUT2D eigenvalue weighted by atomic mass is 32.1. The SMILES string of the molecule is CCCc1n[nH]c(=S)n1CC(=O)NCCc1ccc(OCC)c(OCC)c1. The highest BCUT2D eigenvalue weighted by Crippen LogP contribution is 2.28. The average molecular weight is 393 g/mol. The molecule has 8 heteroatoms. The van der Waals surface area contributed by atoms with E-state index < -0.39 is 0 Å². The number of amides is 1. The van der Waals surface area contributed by atoms with Gasteiger partial charge in [-0.2, -0.15) is 5.10 Å². The van der Waals surface area contributed by atoms with Crippen LogP contribution in [0, 0.1) is 4.77 Å². The van der Waals surface area contributed by atoms with Crippen molar-refractivity contribution in [1.29, 1.82) is 0 Å². The molecule has 7 nitrogen and oxygen atoms in total. The maximum Gasteiger partial charge on any atom is 0.240 e. The van der Waals surface area contributed by atoms with E-state index in [2.05, 4.69) is 22.4 Å². The van der Waals surface area contributed by atoms with E-state index in [1.165, 1.54) is 0 Å². The lowest BCUT2D eigenvalue weighted by Crippen LogP contribution is -2.30. The number of H-pyrrole nitrogens is 1. The molecule has 0 fully saturated rings. The van der Waals surface area contributed by atoms with Crippen LogP contribution in [0.4, 0.5) is 0 Å². The first-order valence-electron chi connectivity index (χ1n) is 9.38. The number of aromatic amines is 1. The smallest absolute Gasteiger partial charge is 0.240 e. The molecule has 0 unspecified atom stereocenters. The number of carbonyl (C=O) groups is 1. The molecule has 2 N–H and O–H groups in total. The minimum absolute atomic E-state index is 0.0826. The number of benzene rings is 1. The summed E-state index contributed by atoms with van der Waals surface area (Å²) in [7, 11) is 0. The van der Waals surface area contributed by atoms with Crippen LogP contribution in [-0.4, -0.2) is 40.4 Å². The molecule has 2 rings (SSSR count). The quantitative estimate of drug-likeness (QED) is 0.575. The van der Waals surface area contributed by atoms with Crippen LogP contribution in [0.1, 0.15) is 38.6 Å². The number of carbonyl (C=O) groups excluding carboxylic acids is 1. The van der Waals surface area contributed by atoms with E-state index in [4.69, 9.17) is 21.7 Å². The monoisotopic (exact) mass is 392 g/mol. The molecule has 1 heterocycles. The van der Waals surface area contributed by atoms with Gasteiger partial charge in [0, 0.05) is 13.0 Å². The second kappa shape index (κ2) is 10.7. The van der Waals surface area contributed by atoms with E-state index in [1.54, 1.807) is 4.57 Å². The Labute approximate surface area is 165 Å². The van der Waals surface area contributed by atoms with Gasteiger partial charge in [0.25, 0.3) is 0 Å². The maximum absolute atomic E-state index is 12.3. The molecule has 0 aliphatic heterocycles. The van der Waals surface area contributed by atoms with Crippen molar-refractivity contribution in [2.24, 2.45) is 0 Å². The number of hydrogen-bond acceptors (Lipinski definition) is 5. The number of nitrogens with zero attached hydrogens (tertiary/aromatic N) is 2. The molecule has 1 aromatic carbocycles. The van der Waals surface area contributed by atoms with Crippen molar-refractivity contribution >= 4 is 18.1 Å². The molecular weight excluding hydrogens is 364 g/mol. The Morgan fingerprint density at radius 2 is 1.93 bits per heavy atom. The molecular formula is C19H28N4O3S. The molecule has 2 aromatic rings. The van der Waals surface area contributed by atoms with Gasteiger partial charge >= 0.3 is 0 Å². The fraction of sp³-hybridized carbons (Fsp3) is 0.526. The van der Waals surface area contributed by atoms with E-state index >= 15 is 0 Å². The lowest BCUT2D eigenvalue weighted by atomic mass is 10.1. The number of rotatable bonds is 11. The van der Waals surface area contributed by atoms with E-state index in [1.807, 2.05) is 32.0 Å². The summed E-state index contributed by atoms with van der Waals surface area (Å²) in [5, 5.41) is 9.87. The first-order chi connectivity index (χ1) is 13.1. The number of nitrogens with one attached hydrogen (secondary N) is 2. The molecule has 1 amide bonds. The number of aromatic nitrogens is 3. The number of ether oxygens (including phenoxy) is 2. The Bertz CT molecular complexity index is 800. The standard InChI is InChI=1S/C19H28N4O3S/c1-4-7-17-21-22-19(27)23(17)13-18(24)20-11-10-14-8-9-15(25-5-2)16(12-14)26-6-3/h8-9,12H,4-7,10-11,13H2,1-3H3,(H,20,24)(H,22,27). The highest BCUT2D eigenvalue weighted by Gasteiger charge is 2.10. The lowest BCUT2D eigenvalue weighted by Gasteiger charge is -2.13. The zero-order valence-electron chi connectivity index (χ0n) is 16.2. The molecule has 0 aliphatic carbocycles. The Morgan fingerprint density at radius 3 is 2.63 bits per heavy atom. The topological polar surface area (TPSA) is 81.2 Å². The van der Waals surface area contributed by atoms with E-state index in [9.17, 15) is 4.79 Å². The van der Waals surface area contributed by atoms with Crippen LogP contribution in [0.5, 0.6) is 11.5 Å². The minimum atomic E-state index is -0.0826. The van der Waals surface area contributed by atoms with Crippen LogP contribution in [0.15, 0.2) is 18.2 Å². The van der Waals surface area contributed by atoms with Gasteiger partial charge in [0.15, 0.2) is 16.3 Å². The van der Waals surface area contributed by atoms with Crippen LogP contribution in [0.3, 0.4) is 0 Å². The molecule has 0 saturated heterocycles. The van der Waals surface area contributed by atoms with Gasteiger partial charge in [-0.25, -0.2) is 0 Å². The average Bonchev–Trinajstić information content (AvgIpc) is 2.98. The molecule has 148 valence electrons. The number of hydrogen-bond donors (Lipinski definition) is 2. The third-order valence-corrected chi connectivity index (χ3v) is 4.27. The largest absolute Gasteiger partial charge is 0.490 e. The fourth-order valence-electron chi connectivity index (χ4n) is 2.72. The molecule has 0 atom stereocenters. The van der Waals surface area contributed by atoms with Crippen molar-refractivity contribution in [2.45, 2.75) is 46.6 Å². The zero-order chi connectivity index (χ0) is 19.6. The molecule has 27 heavy (non-hydrogen) atoms. The van der Waals surface area contributed by atoms with Gasteiger partial charge < -0.3 is 14.8 Å². The maximum atomic E-state index is 12.3. The first kappa shape index (κ1) is 21.0. The summed E-state index contributed by atoms with van der Waals surface area (Å²) in [6.07, 6.45) is 2.44. The molecule has 0 aliphatic rings. The summed E-state index contributed by atoms with van der Waals surface area (Å²) in [6.45, 7) is 7.83. The van der Waals surface area contributed by atoms with Crippen LogP contribution in [-0.2, 0) is 24.2 Å². The Kier molecular flexibility index (Phi) is 8.32. The van der Waals surface area contributed by atoms with Gasteiger partial charge in [0.2, 0.25) is 5.91 Å². The van der Waals surface area contributed by atoms with Crippen molar-refractivity contribution in [3.63, 3.8) is 0 Å². The number of aryl methyl sites for hydroxylation is 1. The van der Waals surface area contributed by atoms with E-state index in [0.29, 0.717) is 31.0 Å². The van der Waals surface area contributed by atoms with Crippen molar-refractivity contribution in [3.05, 3.63) is 34.4 Å². The van der Waals surface area contributed by atoms with Crippen molar-refractivity contribution < 1.29 is 14.3 Å². The van der Waals surface area contributed by atoms with Gasteiger partial charge in [-0.15, -0.1) is 0 Å². The van der Waals surface area contributed by atoms with Crippen LogP contribution < -0.4 is 14.8 Å². The van der Waals surface area contributed by atoms with E-state index in [-0.39, 0.29) is 12.5 Å². The van der Waals surface area contributed by atoms with E-state index in [0.717, 1.165) is 35.7 Å². The third-order valence-electron chi connectivity index (χ3n) is 3.96. The van der Waals surface area contributed by atoms with Crippen LogP contribution in [0.25, 0.3) is 0 Å². The van der Waals surface area contributed by atoms with Crippen LogP contribution in [0.2, 0.25) is 0 Å². The predicted molar refractivity (Wildman–Crippen MR) is 107 cm³/mol. The second-order valence-corrected chi connectivity index (χ2v) is 6.41. The summed E-state index contributed by atoms with van der Waals surface area (Å²) >= 11 is 5.21. The van der Waals surface area contributed by atoms with Gasteiger partial charge in [0.05, 0.1) is 13.2 Å². The summed E-state index contributed by atoms with van der Waals surface area (Å²) in [5.74, 6) is 2.20. The highest BCUT2D eigenvalue weighted by molar-refractivity contribution is 7.71. The summed E-state index contributed by atoms with van der Waals surface area (Å²) in [4.78, 5) is 12.3. The lowest BCUT2D eigenvalue weighted by molar-refractivity contribution is -0.121. The molecule has 0 saturated carbocycles. The van der Waals surface area contributed by atoms with Crippen molar-refractivity contribution in [1.82, 2.24) is 20.1 Å². The molecule has 0 spiro atoms. The molecule has 1 aromatic heterocycles. The third kappa shape index (κ3) is 6.09. The Hall–Kier alpha value is -2.35. The van der Waals surface area contributed by atoms with Gasteiger partial charge in [-0.3, -0.25) is 14.5 Å². The summed E-state index contributed by atoms with van der Waals surface area (Å²) < 4.78 is 13.4. The fourth-order valence-corrected chi connectivity index (χ4v) is 2.94. The Morgan fingerprint density at radius 1 is 1.19 bits per heavy atom. The normalized spacial score (nSPS) is 10.6. The van der Waals surface area contributed by atoms with Gasteiger partial charge in [-0.05, 0) is 56.6 Å². The Balaban J connectivity index is 1.90. The van der Waals surface area contributed by atoms with Gasteiger partial charge in [0.1, 0.15) is 12.4 Å². The van der Waals surface area contributed by atoms with Crippen molar-refractivity contribution in [3.8, 4) is 11.5 Å². The summed E-state index contributed by atoms with van der Waals surface area (Å²) in [6, 6.07) is 5.87. The molecule has 0 bridgehead atoms. The summed E-state index contributed by atoms with van der Waals surface area (Å²) in [5.41, 5.74) is 1.08. The van der Waals surface area contributed by atoms with Crippen LogP contribution >= 0.6 is 12.2 Å². The first-order valence-corrected chi connectivity index (χ1v) is 9.79. The molecule has 0 radical (unpaired) electrons. The predicted octanol–water partition coefficient (Wildman–Crippen LogP) is 3.05. The van der Waals surface area contributed by atoms with Gasteiger partial charge in [-0.1, -0.05) is 13.0 Å². The second-order valence-electron chi connectivity index (χ2n) is 6.03. The zero-order valence-corrected chi connectivity index (χ0v) is 17.0.